The van der Waals surface area contributed by atoms with Crippen LogP contribution >= 0.6 is 35.0 Å². The number of carbonyl (C=O) groups excluding carboxylic acids is 3. The van der Waals surface area contributed by atoms with Gasteiger partial charge in [0.15, 0.2) is 10.9 Å². The number of halogens is 3. The number of benzene rings is 3. The lowest BCUT2D eigenvalue weighted by atomic mass is 10.2. The Balaban J connectivity index is 1.52. The number of nitrogens with one attached hydrogen (secondary N) is 1. The van der Waals surface area contributed by atoms with Crippen LogP contribution in [0.4, 0.5) is 15.8 Å². The number of carbonyl (C=O) groups is 3. The van der Waals surface area contributed by atoms with E-state index in [-0.39, 0.29) is 40.4 Å². The second-order valence-electron chi connectivity index (χ2n) is 8.36. The third kappa shape index (κ3) is 7.29. The highest BCUT2D eigenvalue weighted by molar-refractivity contribution is 8.15. The molecule has 0 spiro atoms. The van der Waals surface area contributed by atoms with E-state index in [4.69, 9.17) is 32.7 Å². The Morgan fingerprint density at radius 2 is 1.72 bits per heavy atom. The summed E-state index contributed by atoms with van der Waals surface area (Å²) in [4.78, 5) is 43.6. The summed E-state index contributed by atoms with van der Waals surface area (Å²) in [5.74, 6) is -1.09. The van der Waals surface area contributed by atoms with Crippen molar-refractivity contribution < 1.29 is 28.2 Å². The number of esters is 1. The van der Waals surface area contributed by atoms with Gasteiger partial charge in [0.25, 0.3) is 0 Å². The van der Waals surface area contributed by atoms with Crippen LogP contribution in [0.25, 0.3) is 0 Å². The first-order chi connectivity index (χ1) is 18.6. The quantitative estimate of drug-likeness (QED) is 0.247. The molecule has 0 saturated carbocycles. The minimum Gasteiger partial charge on any atom is -0.497 e. The van der Waals surface area contributed by atoms with E-state index >= 15 is 0 Å². The molecular formula is C27H22Cl2FN3O5S. The molecule has 1 aliphatic rings. The monoisotopic (exact) mass is 589 g/mol. The van der Waals surface area contributed by atoms with Crippen LogP contribution in [0.5, 0.6) is 11.5 Å². The first kappa shape index (κ1) is 28.4. The fourth-order valence-corrected chi connectivity index (χ4v) is 5.39. The van der Waals surface area contributed by atoms with Gasteiger partial charge in [-0.15, -0.1) is 0 Å². The van der Waals surface area contributed by atoms with Crippen molar-refractivity contribution in [3.05, 3.63) is 82.1 Å². The highest BCUT2D eigenvalue weighted by Gasteiger charge is 2.39. The molecule has 1 saturated heterocycles. The molecule has 1 aliphatic heterocycles. The average Bonchev–Trinajstić information content (AvgIpc) is 3.16. The number of rotatable bonds is 8. The SMILES string of the molecule is COc1ccc(CN2C(=O)C(CC(=O)Nc3cc(Cl)c(OC(C)=O)c(Cl)c3)SC2=Nc2ccc(F)cc2)cc1. The van der Waals surface area contributed by atoms with E-state index in [1.807, 2.05) is 12.1 Å². The van der Waals surface area contributed by atoms with Gasteiger partial charge in [0, 0.05) is 19.0 Å². The van der Waals surface area contributed by atoms with E-state index in [2.05, 4.69) is 10.3 Å². The van der Waals surface area contributed by atoms with Crippen LogP contribution in [0.1, 0.15) is 18.9 Å². The molecule has 202 valence electrons. The third-order valence-electron chi connectivity index (χ3n) is 5.47. The number of ether oxygens (including phenoxy) is 2. The fraction of sp³-hybridized carbons (Fsp3) is 0.185. The smallest absolute Gasteiger partial charge is 0.308 e. The molecule has 1 unspecified atom stereocenters. The highest BCUT2D eigenvalue weighted by Crippen LogP contribution is 2.37. The minimum atomic E-state index is -0.756. The van der Waals surface area contributed by atoms with Crippen LogP contribution in [0, 0.1) is 5.82 Å². The van der Waals surface area contributed by atoms with Crippen molar-refractivity contribution >= 4 is 69.3 Å². The molecular weight excluding hydrogens is 568 g/mol. The second-order valence-corrected chi connectivity index (χ2v) is 10.3. The van der Waals surface area contributed by atoms with Crippen molar-refractivity contribution in [3.8, 4) is 11.5 Å². The van der Waals surface area contributed by atoms with Gasteiger partial charge >= 0.3 is 5.97 Å². The lowest BCUT2D eigenvalue weighted by molar-refractivity contribution is -0.132. The number of hydrogen-bond donors (Lipinski definition) is 1. The lowest BCUT2D eigenvalue weighted by Gasteiger charge is -2.17. The molecule has 0 radical (unpaired) electrons. The standard InChI is InChI=1S/C27H22Cl2FN3O5S/c1-15(34)38-25-21(28)11-19(12-22(25)29)31-24(35)13-23-26(36)33(14-16-3-9-20(37-2)10-4-16)27(39-23)32-18-7-5-17(30)6-8-18/h3-12,23H,13-14H2,1-2H3,(H,31,35). The van der Waals surface area contributed by atoms with Crippen molar-refractivity contribution in [3.63, 3.8) is 0 Å². The van der Waals surface area contributed by atoms with Crippen molar-refractivity contribution in [2.24, 2.45) is 4.99 Å². The molecule has 1 atom stereocenters. The third-order valence-corrected chi connectivity index (χ3v) is 7.21. The highest BCUT2D eigenvalue weighted by atomic mass is 35.5. The van der Waals surface area contributed by atoms with Gasteiger partial charge in [-0.1, -0.05) is 47.1 Å². The van der Waals surface area contributed by atoms with Gasteiger partial charge in [-0.3, -0.25) is 19.3 Å². The number of thioether (sulfide) groups is 1. The molecule has 12 heteroatoms. The normalized spacial score (nSPS) is 15.9. The molecule has 1 heterocycles. The van der Waals surface area contributed by atoms with E-state index in [9.17, 15) is 18.8 Å². The molecule has 3 aromatic rings. The van der Waals surface area contributed by atoms with E-state index in [0.29, 0.717) is 16.6 Å². The summed E-state index contributed by atoms with van der Waals surface area (Å²) in [7, 11) is 1.56. The zero-order valence-electron chi connectivity index (χ0n) is 20.7. The van der Waals surface area contributed by atoms with Crippen molar-refractivity contribution in [1.29, 1.82) is 0 Å². The molecule has 4 rings (SSSR count). The summed E-state index contributed by atoms with van der Waals surface area (Å²) >= 11 is 13.4. The molecule has 2 amide bonds. The number of aliphatic imine (C=N–C) groups is 1. The Hall–Kier alpha value is -3.60. The summed E-state index contributed by atoms with van der Waals surface area (Å²) in [5, 5.41) is 2.38. The number of anilines is 1. The first-order valence-corrected chi connectivity index (χ1v) is 13.2. The molecule has 0 aliphatic carbocycles. The fourth-order valence-electron chi connectivity index (χ4n) is 3.66. The molecule has 1 fully saturated rings. The van der Waals surface area contributed by atoms with E-state index < -0.39 is 22.9 Å². The number of amides is 2. The van der Waals surface area contributed by atoms with Crippen LogP contribution in [-0.2, 0) is 20.9 Å². The Bertz CT molecular complexity index is 1410. The van der Waals surface area contributed by atoms with Crippen LogP contribution in [0.3, 0.4) is 0 Å². The van der Waals surface area contributed by atoms with Crippen molar-refractivity contribution in [2.75, 3.05) is 12.4 Å². The maximum Gasteiger partial charge on any atom is 0.308 e. The van der Waals surface area contributed by atoms with Gasteiger partial charge in [-0.25, -0.2) is 9.38 Å². The predicted molar refractivity (Wildman–Crippen MR) is 149 cm³/mol. The van der Waals surface area contributed by atoms with Crippen LogP contribution in [0.15, 0.2) is 65.7 Å². The largest absolute Gasteiger partial charge is 0.497 e. The first-order valence-electron chi connectivity index (χ1n) is 11.6. The Labute approximate surface area is 238 Å². The van der Waals surface area contributed by atoms with Gasteiger partial charge in [0.2, 0.25) is 11.8 Å². The number of hydrogen-bond acceptors (Lipinski definition) is 7. The van der Waals surface area contributed by atoms with Crippen LogP contribution < -0.4 is 14.8 Å². The number of methoxy groups -OCH3 is 1. The lowest BCUT2D eigenvalue weighted by Crippen LogP contribution is -2.33. The Morgan fingerprint density at radius 3 is 2.31 bits per heavy atom. The molecule has 3 aromatic carbocycles. The maximum atomic E-state index is 13.4. The maximum absolute atomic E-state index is 13.4. The number of nitrogens with zero attached hydrogens (tertiary/aromatic N) is 2. The number of amidine groups is 1. The summed E-state index contributed by atoms with van der Waals surface area (Å²) in [6.07, 6.45) is -0.161. The zero-order valence-corrected chi connectivity index (χ0v) is 23.1. The summed E-state index contributed by atoms with van der Waals surface area (Å²) in [5.41, 5.74) is 1.57. The Morgan fingerprint density at radius 1 is 1.08 bits per heavy atom. The second kappa shape index (κ2) is 12.5. The van der Waals surface area contributed by atoms with Gasteiger partial charge in [-0.05, 0) is 54.1 Å². The average molecular weight is 590 g/mol. The summed E-state index contributed by atoms with van der Waals surface area (Å²) < 4.78 is 23.6. The van der Waals surface area contributed by atoms with E-state index in [0.717, 1.165) is 17.3 Å². The summed E-state index contributed by atoms with van der Waals surface area (Å²) in [6.45, 7) is 1.43. The Kier molecular flexibility index (Phi) is 9.11. The predicted octanol–water partition coefficient (Wildman–Crippen LogP) is 6.23. The van der Waals surface area contributed by atoms with Crippen molar-refractivity contribution in [2.45, 2.75) is 25.1 Å². The molecule has 39 heavy (non-hydrogen) atoms. The molecule has 1 N–H and O–H groups in total. The van der Waals surface area contributed by atoms with Gasteiger partial charge in [0.1, 0.15) is 16.8 Å². The molecule has 0 bridgehead atoms. The van der Waals surface area contributed by atoms with Crippen molar-refractivity contribution in [1.82, 2.24) is 4.90 Å². The van der Waals surface area contributed by atoms with Gasteiger partial charge < -0.3 is 14.8 Å². The van der Waals surface area contributed by atoms with Gasteiger partial charge in [0.05, 0.1) is 29.4 Å². The molecule has 8 nitrogen and oxygen atoms in total. The minimum absolute atomic E-state index is 0.0128. The van der Waals surface area contributed by atoms with Gasteiger partial charge in [-0.2, -0.15) is 0 Å². The summed E-state index contributed by atoms with van der Waals surface area (Å²) in [6, 6.07) is 15.6. The zero-order chi connectivity index (χ0) is 28.1. The van der Waals surface area contributed by atoms with Crippen LogP contribution in [-0.4, -0.2) is 40.2 Å². The topological polar surface area (TPSA) is 97.3 Å². The van der Waals surface area contributed by atoms with E-state index in [1.165, 1.54) is 48.2 Å². The van der Waals surface area contributed by atoms with Crippen LogP contribution in [0.2, 0.25) is 10.0 Å². The van der Waals surface area contributed by atoms with E-state index in [1.54, 1.807) is 19.2 Å². The molecule has 0 aromatic heterocycles.